The molecule has 0 aliphatic rings. The Morgan fingerprint density at radius 2 is 2.05 bits per heavy atom. The van der Waals surface area contributed by atoms with E-state index in [1.807, 2.05) is 12.3 Å². The summed E-state index contributed by atoms with van der Waals surface area (Å²) in [6, 6.07) is 10.4. The predicted molar refractivity (Wildman–Crippen MR) is 89.8 cm³/mol. The predicted octanol–water partition coefficient (Wildman–Crippen LogP) is 1.90. The minimum absolute atomic E-state index is 0. The number of benzene rings is 1. The lowest BCUT2D eigenvalue weighted by Gasteiger charge is -2.09. The zero-order valence-corrected chi connectivity index (χ0v) is 13.4. The molecule has 1 heterocycles. The van der Waals surface area contributed by atoms with Gasteiger partial charge in [0.25, 0.3) is 0 Å². The molecule has 3 N–H and O–H groups in total. The fraction of sp³-hybridized carbons (Fsp3) is 0.375. The second-order valence-electron chi connectivity index (χ2n) is 4.94. The lowest BCUT2D eigenvalue weighted by atomic mass is 10.1. The van der Waals surface area contributed by atoms with Crippen molar-refractivity contribution in [2.45, 2.75) is 32.4 Å². The van der Waals surface area contributed by atoms with E-state index >= 15 is 0 Å². The molecule has 0 unspecified atom stereocenters. The number of nitrogens with two attached hydrogens (primary N) is 1. The normalized spacial score (nSPS) is 10.0. The molecule has 0 saturated carbocycles. The highest BCUT2D eigenvalue weighted by Crippen LogP contribution is 2.05. The first-order valence-electron chi connectivity index (χ1n) is 7.30. The van der Waals surface area contributed by atoms with Crippen LogP contribution in [-0.2, 0) is 24.3 Å². The lowest BCUT2D eigenvalue weighted by molar-refractivity contribution is -0.121. The maximum atomic E-state index is 11.4. The molecule has 1 aromatic heterocycles. The highest BCUT2D eigenvalue weighted by Gasteiger charge is 2.05. The molecule has 0 fully saturated rings. The Kier molecular flexibility index (Phi) is 8.25. The van der Waals surface area contributed by atoms with Crippen LogP contribution in [0.25, 0.3) is 0 Å². The summed E-state index contributed by atoms with van der Waals surface area (Å²) in [5, 5.41) is 2.83. The molecular formula is C16H23ClN4O. The van der Waals surface area contributed by atoms with Gasteiger partial charge >= 0.3 is 0 Å². The van der Waals surface area contributed by atoms with Gasteiger partial charge in [0.2, 0.25) is 5.91 Å². The van der Waals surface area contributed by atoms with Gasteiger partial charge in [0.05, 0.1) is 6.54 Å². The van der Waals surface area contributed by atoms with Gasteiger partial charge in [-0.25, -0.2) is 4.98 Å². The molecule has 2 aromatic rings. The number of imidazole rings is 1. The van der Waals surface area contributed by atoms with E-state index in [-0.39, 0.29) is 18.3 Å². The number of carbonyl (C=O) groups excluding carboxylic acids is 1. The van der Waals surface area contributed by atoms with Gasteiger partial charge in [-0.1, -0.05) is 30.3 Å². The summed E-state index contributed by atoms with van der Waals surface area (Å²) in [6.07, 6.45) is 6.17. The molecular weight excluding hydrogens is 300 g/mol. The number of aromatic nitrogens is 2. The molecule has 0 spiro atoms. The van der Waals surface area contributed by atoms with E-state index in [9.17, 15) is 4.79 Å². The number of halogens is 1. The van der Waals surface area contributed by atoms with E-state index < -0.39 is 0 Å². The largest absolute Gasteiger partial charge is 0.349 e. The average Bonchev–Trinajstić information content (AvgIpc) is 2.94. The third-order valence-corrected chi connectivity index (χ3v) is 3.32. The maximum Gasteiger partial charge on any atom is 0.221 e. The molecule has 1 amide bonds. The van der Waals surface area contributed by atoms with Crippen LogP contribution in [0.4, 0.5) is 0 Å². The fourth-order valence-corrected chi connectivity index (χ4v) is 2.21. The monoisotopic (exact) mass is 322 g/mol. The summed E-state index contributed by atoms with van der Waals surface area (Å²) in [6.45, 7) is 1.73. The van der Waals surface area contributed by atoms with Gasteiger partial charge in [-0.3, -0.25) is 4.79 Å². The van der Waals surface area contributed by atoms with E-state index in [0.29, 0.717) is 19.5 Å². The summed E-state index contributed by atoms with van der Waals surface area (Å²) in [7, 11) is 0. The number of hydrogen-bond acceptors (Lipinski definition) is 3. The van der Waals surface area contributed by atoms with E-state index in [1.54, 1.807) is 6.20 Å². The lowest BCUT2D eigenvalue weighted by Crippen LogP contribution is -2.26. The summed E-state index contributed by atoms with van der Waals surface area (Å²) in [5.41, 5.74) is 6.69. The maximum absolute atomic E-state index is 11.4. The molecule has 0 radical (unpaired) electrons. The molecule has 22 heavy (non-hydrogen) atoms. The Morgan fingerprint density at radius 1 is 1.27 bits per heavy atom. The van der Waals surface area contributed by atoms with Crippen molar-refractivity contribution in [3.63, 3.8) is 0 Å². The van der Waals surface area contributed by atoms with Gasteiger partial charge in [0.1, 0.15) is 5.82 Å². The Morgan fingerprint density at radius 3 is 2.77 bits per heavy atom. The first-order chi connectivity index (χ1) is 10.3. The van der Waals surface area contributed by atoms with Gasteiger partial charge < -0.3 is 15.6 Å². The number of amides is 1. The Bertz CT molecular complexity index is 556. The van der Waals surface area contributed by atoms with Crippen LogP contribution in [0.2, 0.25) is 0 Å². The van der Waals surface area contributed by atoms with E-state index in [1.165, 1.54) is 5.56 Å². The highest BCUT2D eigenvalue weighted by molar-refractivity contribution is 5.85. The van der Waals surface area contributed by atoms with Crippen LogP contribution in [0.15, 0.2) is 42.7 Å². The molecule has 120 valence electrons. The summed E-state index contributed by atoms with van der Waals surface area (Å²) < 4.78 is 2.09. The van der Waals surface area contributed by atoms with Crippen LogP contribution in [0.3, 0.4) is 0 Å². The number of carbonyl (C=O) groups is 1. The smallest absolute Gasteiger partial charge is 0.221 e. The van der Waals surface area contributed by atoms with Gasteiger partial charge in [-0.15, -0.1) is 12.4 Å². The minimum Gasteiger partial charge on any atom is -0.349 e. The molecule has 0 atom stereocenters. The standard InChI is InChI=1S/C16H22N4O.ClH/c17-9-8-16(21)19-13-15-18-10-12-20(15)11-4-7-14-5-2-1-3-6-14;/h1-3,5-6,10,12H,4,7-9,11,13,17H2,(H,19,21);1H. The number of nitrogens with zero attached hydrogens (tertiary/aromatic N) is 2. The zero-order chi connectivity index (χ0) is 14.9. The van der Waals surface area contributed by atoms with Crippen LogP contribution >= 0.6 is 12.4 Å². The highest BCUT2D eigenvalue weighted by atomic mass is 35.5. The number of rotatable bonds is 8. The average molecular weight is 323 g/mol. The number of hydrogen-bond donors (Lipinski definition) is 2. The minimum atomic E-state index is -0.0312. The van der Waals surface area contributed by atoms with Gasteiger partial charge in [-0.2, -0.15) is 0 Å². The van der Waals surface area contributed by atoms with Crippen molar-refractivity contribution >= 4 is 18.3 Å². The molecule has 2 rings (SSSR count). The third-order valence-electron chi connectivity index (χ3n) is 3.32. The molecule has 0 saturated heterocycles. The Balaban J connectivity index is 0.00000242. The molecule has 0 bridgehead atoms. The Hall–Kier alpha value is -1.85. The zero-order valence-electron chi connectivity index (χ0n) is 12.6. The van der Waals surface area contributed by atoms with Crippen LogP contribution in [0.5, 0.6) is 0 Å². The quantitative estimate of drug-likeness (QED) is 0.779. The van der Waals surface area contributed by atoms with Crippen LogP contribution < -0.4 is 11.1 Å². The van der Waals surface area contributed by atoms with E-state index in [0.717, 1.165) is 25.2 Å². The fourth-order valence-electron chi connectivity index (χ4n) is 2.21. The van der Waals surface area contributed by atoms with Crippen molar-refractivity contribution < 1.29 is 4.79 Å². The summed E-state index contributed by atoms with van der Waals surface area (Å²) in [5.74, 6) is 0.852. The van der Waals surface area contributed by atoms with Crippen molar-refractivity contribution in [1.82, 2.24) is 14.9 Å². The van der Waals surface area contributed by atoms with Crippen LogP contribution in [0, 0.1) is 0 Å². The van der Waals surface area contributed by atoms with Crippen molar-refractivity contribution in [1.29, 1.82) is 0 Å². The molecule has 6 heteroatoms. The second kappa shape index (κ2) is 9.97. The molecule has 5 nitrogen and oxygen atoms in total. The number of aryl methyl sites for hydroxylation is 2. The number of nitrogens with one attached hydrogen (secondary N) is 1. The topological polar surface area (TPSA) is 72.9 Å². The van der Waals surface area contributed by atoms with Crippen LogP contribution in [0.1, 0.15) is 24.2 Å². The SMILES string of the molecule is Cl.NCCC(=O)NCc1nccn1CCCc1ccccc1. The van der Waals surface area contributed by atoms with E-state index in [2.05, 4.69) is 39.1 Å². The van der Waals surface area contributed by atoms with Crippen molar-refractivity contribution in [2.24, 2.45) is 5.73 Å². The van der Waals surface area contributed by atoms with Crippen molar-refractivity contribution in [2.75, 3.05) is 6.54 Å². The first-order valence-corrected chi connectivity index (χ1v) is 7.30. The van der Waals surface area contributed by atoms with E-state index in [4.69, 9.17) is 5.73 Å². The Labute approximate surface area is 137 Å². The second-order valence-corrected chi connectivity index (χ2v) is 4.94. The van der Waals surface area contributed by atoms with Crippen LogP contribution in [-0.4, -0.2) is 22.0 Å². The molecule has 0 aliphatic carbocycles. The molecule has 1 aromatic carbocycles. The van der Waals surface area contributed by atoms with Gasteiger partial charge in [0.15, 0.2) is 0 Å². The van der Waals surface area contributed by atoms with Gasteiger partial charge in [0, 0.05) is 31.9 Å². The summed E-state index contributed by atoms with van der Waals surface area (Å²) >= 11 is 0. The molecule has 0 aliphatic heterocycles. The third kappa shape index (κ3) is 5.87. The van der Waals surface area contributed by atoms with Crippen molar-refractivity contribution in [3.8, 4) is 0 Å². The summed E-state index contributed by atoms with van der Waals surface area (Å²) in [4.78, 5) is 15.7. The van der Waals surface area contributed by atoms with Gasteiger partial charge in [-0.05, 0) is 18.4 Å². The van der Waals surface area contributed by atoms with Crippen molar-refractivity contribution in [3.05, 3.63) is 54.1 Å². The first kappa shape index (κ1) is 18.2.